The Labute approximate surface area is 74.0 Å². The number of carbonyl (C=O) groups is 1. The van der Waals surface area contributed by atoms with Crippen molar-refractivity contribution in [1.29, 1.82) is 0 Å². The average Bonchev–Trinajstić information content (AvgIpc) is 1.82. The third kappa shape index (κ3) is 2.87. The van der Waals surface area contributed by atoms with Crippen LogP contribution in [0.4, 0.5) is 13.2 Å². The third-order valence-electron chi connectivity index (χ3n) is 1.36. The van der Waals surface area contributed by atoms with Gasteiger partial charge in [-0.25, -0.2) is 4.79 Å². The number of hydrogen-bond acceptors (Lipinski definition) is 3. The molecule has 0 spiro atoms. The van der Waals surface area contributed by atoms with Gasteiger partial charge in [0.1, 0.15) is 0 Å². The van der Waals surface area contributed by atoms with E-state index in [1.54, 1.807) is 0 Å². The van der Waals surface area contributed by atoms with Crippen molar-refractivity contribution in [1.82, 2.24) is 0 Å². The molecule has 1 atom stereocenters. The zero-order chi connectivity index (χ0) is 10.9. The van der Waals surface area contributed by atoms with Gasteiger partial charge in [0.25, 0.3) is 0 Å². The van der Waals surface area contributed by atoms with Crippen LogP contribution in [0.3, 0.4) is 0 Å². The maximum atomic E-state index is 12.1. The Kier molecular flexibility index (Phi) is 3.32. The minimum atomic E-state index is -4.79. The monoisotopic (exact) mass is 199 g/mol. The normalized spacial score (nSPS) is 16.9. The number of hydrogen-bond donors (Lipinski definition) is 1. The quantitative estimate of drug-likeness (QED) is 0.680. The molecule has 0 rings (SSSR count). The first-order valence-electron chi connectivity index (χ1n) is 3.65. The van der Waals surface area contributed by atoms with Gasteiger partial charge in [-0.2, -0.15) is 13.2 Å². The van der Waals surface area contributed by atoms with Crippen LogP contribution < -0.4 is 5.73 Å². The van der Waals surface area contributed by atoms with Gasteiger partial charge in [-0.05, 0) is 20.8 Å². The van der Waals surface area contributed by atoms with Crippen molar-refractivity contribution >= 4 is 5.97 Å². The Morgan fingerprint density at radius 3 is 2.00 bits per heavy atom. The van der Waals surface area contributed by atoms with Crippen LogP contribution in [0.5, 0.6) is 0 Å². The highest BCUT2D eigenvalue weighted by molar-refractivity contribution is 5.81. The maximum Gasteiger partial charge on any atom is 0.416 e. The molecule has 0 radical (unpaired) electrons. The lowest BCUT2D eigenvalue weighted by atomic mass is 10.0. The molecule has 0 aromatic carbocycles. The van der Waals surface area contributed by atoms with Crippen LogP contribution in [-0.2, 0) is 9.53 Å². The predicted octanol–water partition coefficient (Wildman–Crippen LogP) is 1.22. The van der Waals surface area contributed by atoms with E-state index in [0.717, 1.165) is 0 Å². The second-order valence-electron chi connectivity index (χ2n) is 3.15. The van der Waals surface area contributed by atoms with Crippen molar-refractivity contribution in [2.75, 3.05) is 0 Å². The van der Waals surface area contributed by atoms with Crippen LogP contribution >= 0.6 is 0 Å². The van der Waals surface area contributed by atoms with Gasteiger partial charge in [0.2, 0.25) is 5.54 Å². The smallest absolute Gasteiger partial charge is 0.416 e. The lowest BCUT2D eigenvalue weighted by Crippen LogP contribution is -2.58. The molecule has 0 saturated carbocycles. The van der Waals surface area contributed by atoms with Crippen LogP contribution in [0.1, 0.15) is 20.8 Å². The van der Waals surface area contributed by atoms with Gasteiger partial charge in [-0.3, -0.25) is 0 Å². The molecule has 0 aliphatic heterocycles. The number of alkyl halides is 3. The Bertz CT molecular complexity index is 198. The number of ether oxygens (including phenoxy) is 1. The number of nitrogens with two attached hydrogens (primary N) is 1. The summed E-state index contributed by atoms with van der Waals surface area (Å²) in [6.45, 7) is 3.48. The number of carbonyl (C=O) groups excluding carboxylic acids is 1. The summed E-state index contributed by atoms with van der Waals surface area (Å²) in [7, 11) is 0. The van der Waals surface area contributed by atoms with Crippen LogP contribution in [-0.4, -0.2) is 23.8 Å². The molecule has 2 N–H and O–H groups in total. The Morgan fingerprint density at radius 2 is 1.77 bits per heavy atom. The van der Waals surface area contributed by atoms with Gasteiger partial charge in [0, 0.05) is 0 Å². The number of rotatable bonds is 2. The van der Waals surface area contributed by atoms with Crippen LogP contribution in [0.2, 0.25) is 0 Å². The number of esters is 1. The van der Waals surface area contributed by atoms with Crippen molar-refractivity contribution in [2.45, 2.75) is 38.6 Å². The summed E-state index contributed by atoms with van der Waals surface area (Å²) < 4.78 is 40.7. The largest absolute Gasteiger partial charge is 0.461 e. The molecule has 0 aromatic rings. The lowest BCUT2D eigenvalue weighted by Gasteiger charge is -2.26. The first-order chi connectivity index (χ1) is 5.59. The van der Waals surface area contributed by atoms with E-state index < -0.39 is 23.8 Å². The lowest BCUT2D eigenvalue weighted by molar-refractivity contribution is -0.204. The molecule has 0 aliphatic rings. The van der Waals surface area contributed by atoms with E-state index in [1.807, 2.05) is 0 Å². The van der Waals surface area contributed by atoms with Gasteiger partial charge >= 0.3 is 12.1 Å². The summed E-state index contributed by atoms with van der Waals surface area (Å²) in [6, 6.07) is 0. The molecular weight excluding hydrogens is 187 g/mol. The Hall–Kier alpha value is -0.780. The molecule has 0 aromatic heterocycles. The number of halogens is 3. The fraction of sp³-hybridized carbons (Fsp3) is 0.857. The SMILES string of the molecule is CC(C)OC(=O)C(C)(N)C(F)(F)F. The predicted molar refractivity (Wildman–Crippen MR) is 39.9 cm³/mol. The van der Waals surface area contributed by atoms with Crippen LogP contribution in [0.25, 0.3) is 0 Å². The highest BCUT2D eigenvalue weighted by atomic mass is 19.4. The zero-order valence-corrected chi connectivity index (χ0v) is 7.61. The summed E-state index contributed by atoms with van der Waals surface area (Å²) in [5.74, 6) is -1.46. The van der Waals surface area contributed by atoms with Crippen molar-refractivity contribution in [2.24, 2.45) is 5.73 Å². The van der Waals surface area contributed by atoms with Gasteiger partial charge in [0.15, 0.2) is 0 Å². The molecule has 6 heteroatoms. The highest BCUT2D eigenvalue weighted by Crippen LogP contribution is 2.29. The van der Waals surface area contributed by atoms with Gasteiger partial charge < -0.3 is 10.5 Å². The van der Waals surface area contributed by atoms with Gasteiger partial charge in [-0.15, -0.1) is 0 Å². The van der Waals surface area contributed by atoms with Crippen LogP contribution in [0.15, 0.2) is 0 Å². The van der Waals surface area contributed by atoms with Crippen LogP contribution in [0, 0.1) is 0 Å². The molecule has 1 unspecified atom stereocenters. The molecule has 0 fully saturated rings. The molecule has 0 aliphatic carbocycles. The van der Waals surface area contributed by atoms with E-state index >= 15 is 0 Å². The molecule has 0 heterocycles. The summed E-state index contributed by atoms with van der Waals surface area (Å²) in [6.07, 6.45) is -5.41. The first kappa shape index (κ1) is 12.2. The van der Waals surface area contributed by atoms with E-state index in [4.69, 9.17) is 5.73 Å². The van der Waals surface area contributed by atoms with Crippen molar-refractivity contribution in [3.63, 3.8) is 0 Å². The molecular formula is C7H12F3NO2. The second kappa shape index (κ2) is 3.53. The standard InChI is InChI=1S/C7H12F3NO2/c1-4(2)13-5(12)6(3,11)7(8,9)10/h4H,11H2,1-3H3. The molecule has 78 valence electrons. The van der Waals surface area contributed by atoms with Crippen molar-refractivity contribution in [3.8, 4) is 0 Å². The van der Waals surface area contributed by atoms with Crippen molar-refractivity contribution < 1.29 is 22.7 Å². The van der Waals surface area contributed by atoms with E-state index in [0.29, 0.717) is 6.92 Å². The van der Waals surface area contributed by atoms with E-state index in [1.165, 1.54) is 13.8 Å². The van der Waals surface area contributed by atoms with E-state index in [-0.39, 0.29) is 0 Å². The second-order valence-corrected chi connectivity index (χ2v) is 3.15. The first-order valence-corrected chi connectivity index (χ1v) is 3.65. The minimum Gasteiger partial charge on any atom is -0.461 e. The third-order valence-corrected chi connectivity index (χ3v) is 1.36. The summed E-state index contributed by atoms with van der Waals surface area (Å²) in [5, 5.41) is 0. The highest BCUT2D eigenvalue weighted by Gasteiger charge is 2.55. The average molecular weight is 199 g/mol. The Balaban J connectivity index is 4.56. The fourth-order valence-electron chi connectivity index (χ4n) is 0.452. The van der Waals surface area contributed by atoms with Crippen molar-refractivity contribution in [3.05, 3.63) is 0 Å². The fourth-order valence-corrected chi connectivity index (χ4v) is 0.452. The molecule has 3 nitrogen and oxygen atoms in total. The maximum absolute atomic E-state index is 12.1. The summed E-state index contributed by atoms with van der Waals surface area (Å²) >= 11 is 0. The summed E-state index contributed by atoms with van der Waals surface area (Å²) in [4.78, 5) is 10.9. The molecule has 13 heavy (non-hydrogen) atoms. The summed E-state index contributed by atoms with van der Waals surface area (Å²) in [5.41, 5.74) is 1.85. The van der Waals surface area contributed by atoms with Gasteiger partial charge in [0.05, 0.1) is 6.10 Å². The topological polar surface area (TPSA) is 52.3 Å². The Morgan fingerprint density at radius 1 is 1.38 bits per heavy atom. The van der Waals surface area contributed by atoms with E-state index in [2.05, 4.69) is 4.74 Å². The zero-order valence-electron chi connectivity index (χ0n) is 7.61. The minimum absolute atomic E-state index is 0.581. The molecule has 0 saturated heterocycles. The molecule has 0 amide bonds. The van der Waals surface area contributed by atoms with Gasteiger partial charge in [-0.1, -0.05) is 0 Å². The van der Waals surface area contributed by atoms with E-state index in [9.17, 15) is 18.0 Å². The molecule has 0 bridgehead atoms.